The van der Waals surface area contributed by atoms with Gasteiger partial charge in [-0.05, 0) is 286 Å². The molecule has 12 rings (SSSR count). The predicted octanol–water partition coefficient (Wildman–Crippen LogP) is 36.4. The Morgan fingerprint density at radius 3 is 0.402 bits per heavy atom. The zero-order valence-corrected chi connectivity index (χ0v) is 83.2. The minimum atomic E-state index is 0.112. The summed E-state index contributed by atoms with van der Waals surface area (Å²) in [4.78, 5) is 0. The zero-order valence-electron chi connectivity index (χ0n) is 83.2. The molecule has 0 nitrogen and oxygen atoms in total. The lowest BCUT2D eigenvalue weighted by Gasteiger charge is -2.39. The molecule has 0 aliphatic carbocycles. The fourth-order valence-corrected chi connectivity index (χ4v) is 15.8. The van der Waals surface area contributed by atoms with Crippen LogP contribution in [0.4, 0.5) is 0 Å². The predicted molar refractivity (Wildman–Crippen MR) is 542 cm³/mol. The maximum Gasteiger partial charge on any atom is -0.00551 e. The van der Waals surface area contributed by atoms with Gasteiger partial charge in [0, 0.05) is 0 Å². The average molecular weight is 1620 g/mol. The molecule has 0 saturated heterocycles. The molecule has 0 aliphatic heterocycles. The van der Waals surface area contributed by atoms with E-state index in [-0.39, 0.29) is 65.0 Å². The van der Waals surface area contributed by atoms with Gasteiger partial charge in [0.25, 0.3) is 0 Å². The molecule has 0 spiro atoms. The highest BCUT2D eigenvalue weighted by Crippen LogP contribution is 2.48. The second kappa shape index (κ2) is 36.1. The van der Waals surface area contributed by atoms with E-state index in [1.165, 1.54) is 167 Å². The number of aryl methyl sites for hydroxylation is 4. The summed E-state index contributed by atoms with van der Waals surface area (Å²) in [6, 6.07) is 96.2. The molecule has 0 heterocycles. The smallest absolute Gasteiger partial charge is 0.00551 e. The molecule has 0 bridgehead atoms. The van der Waals surface area contributed by atoms with Gasteiger partial charge in [-0.15, -0.1) is 0 Å². The van der Waals surface area contributed by atoms with Gasteiger partial charge in [-0.1, -0.05) is 464 Å². The highest BCUT2D eigenvalue weighted by atomic mass is 14.4. The largest absolute Gasteiger partial charge is 0.0593 e. The molecule has 0 aromatic heterocycles. The Hall–Kier alpha value is -9.36. The molecule has 0 radical (unpaired) electrons. The van der Waals surface area contributed by atoms with Gasteiger partial charge < -0.3 is 0 Å². The van der Waals surface area contributed by atoms with Gasteiger partial charge in [-0.3, -0.25) is 0 Å². The summed E-state index contributed by atoms with van der Waals surface area (Å²) in [7, 11) is 0. The molecular formula is C122H156. The number of benzene rings is 12. The zero-order chi connectivity index (χ0) is 91.0. The van der Waals surface area contributed by atoms with Crippen LogP contribution in [0.25, 0.3) is 89.0 Å². The van der Waals surface area contributed by atoms with Gasteiger partial charge >= 0.3 is 0 Å². The van der Waals surface area contributed by atoms with Crippen LogP contribution in [0.5, 0.6) is 0 Å². The Labute approximate surface area is 744 Å². The molecule has 0 atom stereocenters. The van der Waals surface area contributed by atoms with E-state index in [0.717, 1.165) is 0 Å². The first-order valence-corrected chi connectivity index (χ1v) is 45.3. The summed E-state index contributed by atoms with van der Waals surface area (Å²) in [5, 5.41) is 0. The summed E-state index contributed by atoms with van der Waals surface area (Å²) in [6.07, 6.45) is 0. The lowest BCUT2D eigenvalue weighted by atomic mass is 9.65. The lowest BCUT2D eigenvalue weighted by Crippen LogP contribution is -2.33. The standard InChI is InChI=1S/C34H46.C33H44.C28H34.C27H32/c1-23-21-29(25-13-17-27(18-14-25)33(9,10)31(3,4)5)24(2)30(22-23)26-15-19-28(20-16-26)34(11,12)32(6,7)8;1-23-20-26(24-12-16-28(17-13-24)32(8,9)30(2,3)4)22-27(21-23)25-14-18-29(19-15-25)33(10,11)31(5,6)7;1-19-17-25(21-9-13-23(14-10-21)27(3,4)5)20(2)26(18-19)22-11-15-24(16-12-22)28(6,7)8;1-19-16-22(20-8-12-24(13-9-20)26(2,3)4)18-23(17-19)21-10-14-25(15-11-21)27(5,6)7/h13-22H,1-12H3;12-22H,1-11H3;9-18H,1-8H3;8-18H,1-7H3. The summed E-state index contributed by atoms with van der Waals surface area (Å²) in [6.45, 7) is 87.1. The molecule has 0 heteroatoms. The Morgan fingerprint density at radius 2 is 0.262 bits per heavy atom. The Kier molecular flexibility index (Phi) is 28.5. The first-order chi connectivity index (χ1) is 56.0. The van der Waals surface area contributed by atoms with Crippen molar-refractivity contribution in [1.29, 1.82) is 0 Å². The Balaban J connectivity index is 0.000000185. The molecular weight excluding hydrogens is 1470 g/mol. The van der Waals surface area contributed by atoms with E-state index in [0.29, 0.717) is 0 Å². The Morgan fingerprint density at radius 1 is 0.131 bits per heavy atom. The van der Waals surface area contributed by atoms with E-state index < -0.39 is 0 Å². The van der Waals surface area contributed by atoms with Crippen LogP contribution in [-0.2, 0) is 43.3 Å². The minimum Gasteiger partial charge on any atom is -0.0593 e. The van der Waals surface area contributed by atoms with Crippen molar-refractivity contribution in [2.24, 2.45) is 21.7 Å². The van der Waals surface area contributed by atoms with Crippen LogP contribution in [0.2, 0.25) is 0 Å². The average Bonchev–Trinajstić information content (AvgIpc) is 0.777. The van der Waals surface area contributed by atoms with Crippen LogP contribution < -0.4 is 0 Å². The van der Waals surface area contributed by atoms with Crippen molar-refractivity contribution in [3.8, 4) is 89.0 Å². The van der Waals surface area contributed by atoms with Gasteiger partial charge in [0.15, 0.2) is 0 Å². The SMILES string of the molecule is Cc1cc(-c2ccc(C(C)(C)C(C)(C)C)cc2)c(C)c(-c2ccc(C(C)(C)C(C)(C)C)cc2)c1.Cc1cc(-c2ccc(C(C)(C)C(C)(C)C)cc2)cc(-c2ccc(C(C)(C)C(C)(C)C)cc2)c1.Cc1cc(-c2ccc(C(C)(C)C)cc2)c(C)c(-c2ccc(C(C)(C)C)cc2)c1.Cc1cc(-c2ccc(C(C)(C)C)cc2)cc(-c2ccc(C(C)(C)C)cc2)c1. The van der Waals surface area contributed by atoms with Crippen molar-refractivity contribution in [1.82, 2.24) is 0 Å². The third-order valence-electron chi connectivity index (χ3n) is 28.8. The molecule has 0 saturated carbocycles. The molecule has 644 valence electrons. The summed E-state index contributed by atoms with van der Waals surface area (Å²) >= 11 is 0. The van der Waals surface area contributed by atoms with Crippen molar-refractivity contribution in [2.75, 3.05) is 0 Å². The Bertz CT molecular complexity index is 5170. The van der Waals surface area contributed by atoms with Crippen molar-refractivity contribution < 1.29 is 0 Å². The molecule has 12 aromatic rings. The minimum absolute atomic E-state index is 0.112. The molecule has 0 fully saturated rings. The quantitative estimate of drug-likeness (QED) is 0.114. The van der Waals surface area contributed by atoms with Crippen LogP contribution >= 0.6 is 0 Å². The van der Waals surface area contributed by atoms with Crippen molar-refractivity contribution >= 4 is 0 Å². The third-order valence-corrected chi connectivity index (χ3v) is 28.8. The van der Waals surface area contributed by atoms with E-state index in [9.17, 15) is 0 Å². The summed E-state index contributed by atoms with van der Waals surface area (Å²) in [5.41, 5.74) is 41.7. The molecule has 0 amide bonds. The van der Waals surface area contributed by atoms with Crippen LogP contribution in [0.3, 0.4) is 0 Å². The third kappa shape index (κ3) is 22.6. The second-order valence-corrected chi connectivity index (χ2v) is 46.3. The molecule has 0 unspecified atom stereocenters. The highest BCUT2D eigenvalue weighted by molar-refractivity contribution is 5.82. The number of hydrogen-bond donors (Lipinski definition) is 0. The fraction of sp³-hybridized carbons (Fsp3) is 0.410. The van der Waals surface area contributed by atoms with E-state index in [1.807, 2.05) is 0 Å². The number of hydrogen-bond acceptors (Lipinski definition) is 0. The second-order valence-electron chi connectivity index (χ2n) is 46.3. The maximum absolute atomic E-state index is 2.35. The summed E-state index contributed by atoms with van der Waals surface area (Å²) in [5.74, 6) is 0. The van der Waals surface area contributed by atoms with Crippen LogP contribution in [0.15, 0.2) is 255 Å². The molecule has 12 aromatic carbocycles. The van der Waals surface area contributed by atoms with Gasteiger partial charge in [0.1, 0.15) is 0 Å². The monoisotopic (exact) mass is 1620 g/mol. The molecule has 0 N–H and O–H groups in total. The molecule has 122 heavy (non-hydrogen) atoms. The van der Waals surface area contributed by atoms with Crippen LogP contribution in [0.1, 0.15) is 299 Å². The summed E-state index contributed by atoms with van der Waals surface area (Å²) < 4.78 is 0. The maximum atomic E-state index is 2.35. The van der Waals surface area contributed by atoms with Gasteiger partial charge in [0.05, 0.1) is 0 Å². The van der Waals surface area contributed by atoms with E-state index in [1.54, 1.807) is 0 Å². The van der Waals surface area contributed by atoms with Crippen LogP contribution in [-0.4, -0.2) is 0 Å². The first-order valence-electron chi connectivity index (χ1n) is 45.3. The number of rotatable bonds is 12. The lowest BCUT2D eigenvalue weighted by molar-refractivity contribution is 0.225. The van der Waals surface area contributed by atoms with Crippen molar-refractivity contribution in [2.45, 2.75) is 306 Å². The highest BCUT2D eigenvalue weighted by Gasteiger charge is 2.38. The van der Waals surface area contributed by atoms with Gasteiger partial charge in [-0.25, -0.2) is 0 Å². The van der Waals surface area contributed by atoms with Crippen molar-refractivity contribution in [3.63, 3.8) is 0 Å². The van der Waals surface area contributed by atoms with E-state index >= 15 is 0 Å². The van der Waals surface area contributed by atoms with Crippen molar-refractivity contribution in [3.05, 3.63) is 333 Å². The molecule has 0 aliphatic rings. The van der Waals surface area contributed by atoms with Gasteiger partial charge in [-0.2, -0.15) is 0 Å². The van der Waals surface area contributed by atoms with Crippen LogP contribution in [0, 0.1) is 63.2 Å². The van der Waals surface area contributed by atoms with E-state index in [2.05, 4.69) is 518 Å². The normalized spacial score (nSPS) is 12.8. The van der Waals surface area contributed by atoms with Gasteiger partial charge in [0.2, 0.25) is 0 Å². The van der Waals surface area contributed by atoms with E-state index in [4.69, 9.17) is 0 Å². The topological polar surface area (TPSA) is 0 Å². The fourth-order valence-electron chi connectivity index (χ4n) is 15.8. The first kappa shape index (κ1) is 96.5.